The highest BCUT2D eigenvalue weighted by Gasteiger charge is 2.29. The van der Waals surface area contributed by atoms with E-state index in [-0.39, 0.29) is 5.91 Å². The molecule has 0 spiro atoms. The maximum atomic E-state index is 12.0. The molecule has 9 nitrogen and oxygen atoms in total. The van der Waals surface area contributed by atoms with Gasteiger partial charge in [-0.15, -0.1) is 0 Å². The normalized spacial score (nSPS) is 13.7. The summed E-state index contributed by atoms with van der Waals surface area (Å²) in [4.78, 5) is 24.9. The van der Waals surface area contributed by atoms with Crippen LogP contribution in [0.5, 0.6) is 0 Å². The lowest BCUT2D eigenvalue weighted by molar-refractivity contribution is 0.0932. The Morgan fingerprint density at radius 2 is 2.27 bits per heavy atom. The summed E-state index contributed by atoms with van der Waals surface area (Å²) in [7, 11) is 1.58. The molecule has 134 valence electrons. The van der Waals surface area contributed by atoms with Crippen LogP contribution in [0.4, 0.5) is 0 Å². The van der Waals surface area contributed by atoms with Gasteiger partial charge < -0.3 is 14.6 Å². The lowest BCUT2D eigenvalue weighted by atomic mass is 10.3. The maximum absolute atomic E-state index is 12.0. The Bertz CT molecular complexity index is 897. The molecule has 3 heterocycles. The summed E-state index contributed by atoms with van der Waals surface area (Å²) in [6.07, 6.45) is 7.08. The molecule has 9 heteroatoms. The van der Waals surface area contributed by atoms with Crippen LogP contribution in [-0.4, -0.2) is 50.8 Å². The molecule has 3 aromatic rings. The van der Waals surface area contributed by atoms with E-state index >= 15 is 0 Å². The lowest BCUT2D eigenvalue weighted by Gasteiger charge is -2.02. The molecule has 0 radical (unpaired) electrons. The third-order valence-electron chi connectivity index (χ3n) is 4.05. The molecule has 1 aliphatic rings. The van der Waals surface area contributed by atoms with E-state index in [0.717, 1.165) is 24.2 Å². The van der Waals surface area contributed by atoms with E-state index in [9.17, 15) is 4.79 Å². The Morgan fingerprint density at radius 3 is 3.00 bits per heavy atom. The fraction of sp³-hybridized carbons (Fsp3) is 0.353. The van der Waals surface area contributed by atoms with Crippen LogP contribution < -0.4 is 5.32 Å². The molecule has 1 amide bonds. The summed E-state index contributed by atoms with van der Waals surface area (Å²) < 4.78 is 11.9. The van der Waals surface area contributed by atoms with Crippen molar-refractivity contribution in [2.24, 2.45) is 0 Å². The molecule has 0 aliphatic heterocycles. The average Bonchev–Trinajstić information content (AvgIpc) is 3.20. The van der Waals surface area contributed by atoms with Gasteiger partial charge >= 0.3 is 0 Å². The van der Waals surface area contributed by atoms with Crippen LogP contribution in [0.1, 0.15) is 35.1 Å². The lowest BCUT2D eigenvalue weighted by Crippen LogP contribution is -2.27. The number of pyridine rings is 1. The second-order valence-electron chi connectivity index (χ2n) is 6.05. The van der Waals surface area contributed by atoms with Gasteiger partial charge in [0.1, 0.15) is 17.8 Å². The molecule has 3 aromatic heterocycles. The van der Waals surface area contributed by atoms with E-state index in [1.54, 1.807) is 30.4 Å². The predicted octanol–water partition coefficient (Wildman–Crippen LogP) is 1.57. The van der Waals surface area contributed by atoms with Crippen LogP contribution in [0.15, 0.2) is 35.4 Å². The van der Waals surface area contributed by atoms with Crippen molar-refractivity contribution in [2.75, 3.05) is 20.3 Å². The fourth-order valence-corrected chi connectivity index (χ4v) is 2.45. The second kappa shape index (κ2) is 7.04. The molecule has 1 saturated carbocycles. The number of carbonyl (C=O) groups is 1. The van der Waals surface area contributed by atoms with Gasteiger partial charge in [-0.3, -0.25) is 9.36 Å². The van der Waals surface area contributed by atoms with Gasteiger partial charge in [0.25, 0.3) is 11.8 Å². The van der Waals surface area contributed by atoms with Gasteiger partial charge in [-0.25, -0.2) is 9.97 Å². The van der Waals surface area contributed by atoms with Crippen molar-refractivity contribution in [3.8, 4) is 17.3 Å². The van der Waals surface area contributed by atoms with Gasteiger partial charge in [-0.1, -0.05) is 5.16 Å². The van der Waals surface area contributed by atoms with Gasteiger partial charge in [0.15, 0.2) is 5.82 Å². The van der Waals surface area contributed by atoms with Crippen LogP contribution in [-0.2, 0) is 4.74 Å². The molecule has 0 aromatic carbocycles. The summed E-state index contributed by atoms with van der Waals surface area (Å²) in [5, 5.41) is 6.73. The summed E-state index contributed by atoms with van der Waals surface area (Å²) in [6, 6.07) is 3.66. The standard InChI is InChI=1S/C17H18N6O3/c1-25-7-6-18-16(24)13-9-23(10-20-13)14-5-4-12(8-19-14)17-21-15(22-26-17)11-2-3-11/h4-5,8-11H,2-3,6-7H2,1H3,(H,18,24). The zero-order chi connectivity index (χ0) is 17.9. The zero-order valence-corrected chi connectivity index (χ0v) is 14.3. The van der Waals surface area contributed by atoms with Crippen molar-refractivity contribution >= 4 is 5.91 Å². The molecule has 26 heavy (non-hydrogen) atoms. The van der Waals surface area contributed by atoms with Crippen LogP contribution in [0.2, 0.25) is 0 Å². The predicted molar refractivity (Wildman–Crippen MR) is 90.8 cm³/mol. The number of carbonyl (C=O) groups excluding carboxylic acids is 1. The van der Waals surface area contributed by atoms with Gasteiger partial charge in [-0.2, -0.15) is 4.98 Å². The fourth-order valence-electron chi connectivity index (χ4n) is 2.45. The molecule has 1 fully saturated rings. The highest BCUT2D eigenvalue weighted by Crippen LogP contribution is 2.38. The zero-order valence-electron chi connectivity index (χ0n) is 14.3. The number of hydrogen-bond acceptors (Lipinski definition) is 7. The number of nitrogens with one attached hydrogen (secondary N) is 1. The minimum atomic E-state index is -0.254. The SMILES string of the molecule is COCCNC(=O)c1cn(-c2ccc(-c3nc(C4CC4)no3)cn2)cn1. The maximum Gasteiger partial charge on any atom is 0.271 e. The van der Waals surface area contributed by atoms with Crippen molar-refractivity contribution in [1.29, 1.82) is 0 Å². The second-order valence-corrected chi connectivity index (χ2v) is 6.05. The van der Waals surface area contributed by atoms with Crippen molar-refractivity contribution in [2.45, 2.75) is 18.8 Å². The molecule has 1 aliphatic carbocycles. The Hall–Kier alpha value is -3.07. The topological polar surface area (TPSA) is 108 Å². The van der Waals surface area contributed by atoms with Crippen LogP contribution in [0.3, 0.4) is 0 Å². The van der Waals surface area contributed by atoms with Gasteiger partial charge in [-0.05, 0) is 25.0 Å². The number of aromatic nitrogens is 5. The quantitative estimate of drug-likeness (QED) is 0.642. The minimum Gasteiger partial charge on any atom is -0.383 e. The molecule has 4 rings (SSSR count). The van der Waals surface area contributed by atoms with E-state index in [2.05, 4.69) is 25.4 Å². The van der Waals surface area contributed by atoms with Crippen molar-refractivity contribution in [3.05, 3.63) is 42.4 Å². The monoisotopic (exact) mass is 354 g/mol. The van der Waals surface area contributed by atoms with Gasteiger partial charge in [0, 0.05) is 32.0 Å². The highest BCUT2D eigenvalue weighted by molar-refractivity contribution is 5.92. The molecule has 1 N–H and O–H groups in total. The molecular weight excluding hydrogens is 336 g/mol. The summed E-state index contributed by atoms with van der Waals surface area (Å²) >= 11 is 0. The van der Waals surface area contributed by atoms with E-state index in [1.807, 2.05) is 12.1 Å². The smallest absolute Gasteiger partial charge is 0.271 e. The Balaban J connectivity index is 1.45. The number of hydrogen-bond donors (Lipinski definition) is 1. The van der Waals surface area contributed by atoms with Gasteiger partial charge in [0.2, 0.25) is 0 Å². The highest BCUT2D eigenvalue weighted by atomic mass is 16.5. The summed E-state index contributed by atoms with van der Waals surface area (Å²) in [6.45, 7) is 0.885. The Kier molecular flexibility index (Phi) is 4.44. The minimum absolute atomic E-state index is 0.254. The average molecular weight is 354 g/mol. The Morgan fingerprint density at radius 1 is 1.38 bits per heavy atom. The number of ether oxygens (including phenoxy) is 1. The van der Waals surface area contributed by atoms with E-state index in [0.29, 0.717) is 36.5 Å². The number of imidazole rings is 1. The number of amides is 1. The summed E-state index contributed by atoms with van der Waals surface area (Å²) in [5.41, 5.74) is 1.07. The molecule has 0 unspecified atom stereocenters. The molecular formula is C17H18N6O3. The molecule has 0 bridgehead atoms. The van der Waals surface area contributed by atoms with E-state index in [1.165, 1.54) is 0 Å². The van der Waals surface area contributed by atoms with E-state index in [4.69, 9.17) is 9.26 Å². The first-order valence-electron chi connectivity index (χ1n) is 8.36. The molecule has 0 atom stereocenters. The van der Waals surface area contributed by atoms with Gasteiger partial charge in [0.05, 0.1) is 12.2 Å². The first-order chi connectivity index (χ1) is 12.7. The van der Waals surface area contributed by atoms with E-state index < -0.39 is 0 Å². The number of methoxy groups -OCH3 is 1. The number of rotatable bonds is 7. The van der Waals surface area contributed by atoms with Crippen LogP contribution in [0.25, 0.3) is 17.3 Å². The van der Waals surface area contributed by atoms with Crippen molar-refractivity contribution in [1.82, 2.24) is 30.0 Å². The number of nitrogens with zero attached hydrogens (tertiary/aromatic N) is 5. The van der Waals surface area contributed by atoms with Crippen LogP contribution >= 0.6 is 0 Å². The van der Waals surface area contributed by atoms with Crippen LogP contribution in [0, 0.1) is 0 Å². The third-order valence-corrected chi connectivity index (χ3v) is 4.05. The largest absolute Gasteiger partial charge is 0.383 e. The van der Waals surface area contributed by atoms with Crippen molar-refractivity contribution < 1.29 is 14.1 Å². The first kappa shape index (κ1) is 16.4. The first-order valence-corrected chi connectivity index (χ1v) is 8.36. The Labute approximate surface area is 149 Å². The van der Waals surface area contributed by atoms with Crippen molar-refractivity contribution in [3.63, 3.8) is 0 Å². The summed E-state index contributed by atoms with van der Waals surface area (Å²) in [5.74, 6) is 2.06. The molecule has 0 saturated heterocycles. The third kappa shape index (κ3) is 3.47.